The number of carbonyl (C=O) groups excluding carboxylic acids is 1. The van der Waals surface area contributed by atoms with Crippen LogP contribution in [-0.4, -0.2) is 58.4 Å². The molecule has 0 bridgehead atoms. The third-order valence-corrected chi connectivity index (χ3v) is 3.65. The normalized spacial score (nSPS) is 10.5. The van der Waals surface area contributed by atoms with Gasteiger partial charge in [-0.05, 0) is 31.6 Å². The van der Waals surface area contributed by atoms with E-state index in [1.54, 1.807) is 12.1 Å². The Balaban J connectivity index is 2.69. The zero-order valence-electron chi connectivity index (χ0n) is 14.7. The Morgan fingerprint density at radius 1 is 1.00 bits per heavy atom. The highest BCUT2D eigenvalue weighted by Crippen LogP contribution is 2.38. The van der Waals surface area contributed by atoms with Crippen LogP contribution in [0.1, 0.15) is 30.6 Å². The van der Waals surface area contributed by atoms with Crippen molar-refractivity contribution >= 4 is 5.97 Å². The lowest BCUT2D eigenvalue weighted by atomic mass is 10.2. The van der Waals surface area contributed by atoms with Gasteiger partial charge < -0.3 is 23.8 Å². The summed E-state index contributed by atoms with van der Waals surface area (Å²) < 4.78 is 21.0. The van der Waals surface area contributed by atoms with E-state index in [1.807, 2.05) is 0 Å². The summed E-state index contributed by atoms with van der Waals surface area (Å²) in [6.07, 6.45) is 0.803. The van der Waals surface area contributed by atoms with E-state index in [2.05, 4.69) is 18.7 Å². The van der Waals surface area contributed by atoms with E-state index in [4.69, 9.17) is 18.9 Å². The first-order valence-electron chi connectivity index (χ1n) is 7.80. The maximum Gasteiger partial charge on any atom is 0.338 e. The van der Waals surface area contributed by atoms with Gasteiger partial charge in [0.15, 0.2) is 11.5 Å². The number of hydrogen-bond donors (Lipinski definition) is 0. The van der Waals surface area contributed by atoms with Gasteiger partial charge in [-0.25, -0.2) is 4.79 Å². The van der Waals surface area contributed by atoms with Gasteiger partial charge in [0.25, 0.3) is 0 Å². The molecule has 6 nitrogen and oxygen atoms in total. The van der Waals surface area contributed by atoms with Gasteiger partial charge in [-0.3, -0.25) is 0 Å². The lowest BCUT2D eigenvalue weighted by Gasteiger charge is -2.17. The average Bonchev–Trinajstić information content (AvgIpc) is 2.60. The Kier molecular flexibility index (Phi) is 8.26. The van der Waals surface area contributed by atoms with Gasteiger partial charge in [0.1, 0.15) is 0 Å². The monoisotopic (exact) mass is 325 g/mol. The molecule has 0 aliphatic carbocycles. The smallest absolute Gasteiger partial charge is 0.338 e. The van der Waals surface area contributed by atoms with Crippen molar-refractivity contribution in [3.05, 3.63) is 17.7 Å². The van der Waals surface area contributed by atoms with Crippen molar-refractivity contribution in [2.24, 2.45) is 0 Å². The summed E-state index contributed by atoms with van der Waals surface area (Å²) in [6, 6.07) is 3.18. The molecule has 6 heteroatoms. The zero-order chi connectivity index (χ0) is 17.2. The van der Waals surface area contributed by atoms with Crippen molar-refractivity contribution in [3.8, 4) is 17.2 Å². The molecule has 0 heterocycles. The standard InChI is InChI=1S/C17H27NO5/c1-6-18(7-2)9-8-10-23-17(19)13-11-14(20-3)16(22-5)15(12-13)21-4/h11-12H,6-10H2,1-5H3. The fraction of sp³-hybridized carbons (Fsp3) is 0.588. The first kappa shape index (κ1) is 19.1. The second kappa shape index (κ2) is 9.94. The summed E-state index contributed by atoms with van der Waals surface area (Å²) in [5, 5.41) is 0. The van der Waals surface area contributed by atoms with Crippen LogP contribution in [-0.2, 0) is 4.74 Å². The number of ether oxygens (including phenoxy) is 4. The number of hydrogen-bond acceptors (Lipinski definition) is 6. The van der Waals surface area contributed by atoms with E-state index < -0.39 is 5.97 Å². The van der Waals surface area contributed by atoms with E-state index in [0.29, 0.717) is 29.4 Å². The number of methoxy groups -OCH3 is 3. The predicted octanol–water partition coefficient (Wildman–Crippen LogP) is 2.60. The van der Waals surface area contributed by atoms with Crippen LogP contribution in [0.3, 0.4) is 0 Å². The number of nitrogens with zero attached hydrogens (tertiary/aromatic N) is 1. The first-order valence-corrected chi connectivity index (χ1v) is 7.80. The van der Waals surface area contributed by atoms with Crippen LogP contribution in [0.4, 0.5) is 0 Å². The Morgan fingerprint density at radius 2 is 1.57 bits per heavy atom. The second-order valence-corrected chi connectivity index (χ2v) is 4.93. The van der Waals surface area contributed by atoms with Crippen molar-refractivity contribution in [2.75, 3.05) is 47.6 Å². The molecule has 0 aliphatic heterocycles. The highest BCUT2D eigenvalue weighted by molar-refractivity contribution is 5.91. The summed E-state index contributed by atoms with van der Waals surface area (Å²) in [5.74, 6) is 0.917. The fourth-order valence-corrected chi connectivity index (χ4v) is 2.28. The van der Waals surface area contributed by atoms with Crippen molar-refractivity contribution in [2.45, 2.75) is 20.3 Å². The summed E-state index contributed by atoms with van der Waals surface area (Å²) in [7, 11) is 4.54. The van der Waals surface area contributed by atoms with Crippen LogP contribution in [0.25, 0.3) is 0 Å². The molecule has 0 saturated carbocycles. The van der Waals surface area contributed by atoms with Crippen LogP contribution in [0.15, 0.2) is 12.1 Å². The Hall–Kier alpha value is -1.95. The fourth-order valence-electron chi connectivity index (χ4n) is 2.28. The lowest BCUT2D eigenvalue weighted by Crippen LogP contribution is -2.25. The molecular formula is C17H27NO5. The molecule has 0 aromatic heterocycles. The molecule has 1 aromatic carbocycles. The van der Waals surface area contributed by atoms with Gasteiger partial charge in [-0.2, -0.15) is 0 Å². The minimum absolute atomic E-state index is 0.377. The minimum atomic E-state index is -0.399. The van der Waals surface area contributed by atoms with E-state index in [1.165, 1.54) is 21.3 Å². The molecule has 1 rings (SSSR count). The Bertz CT molecular complexity index is 475. The molecule has 0 amide bonds. The van der Waals surface area contributed by atoms with Crippen molar-refractivity contribution < 1.29 is 23.7 Å². The molecule has 0 aliphatic rings. The average molecular weight is 325 g/mol. The van der Waals surface area contributed by atoms with Gasteiger partial charge in [0, 0.05) is 6.54 Å². The van der Waals surface area contributed by atoms with Gasteiger partial charge in [0.05, 0.1) is 33.5 Å². The van der Waals surface area contributed by atoms with Crippen LogP contribution in [0.2, 0.25) is 0 Å². The SMILES string of the molecule is CCN(CC)CCCOC(=O)c1cc(OC)c(OC)c(OC)c1. The Labute approximate surface area is 138 Å². The summed E-state index contributed by atoms with van der Waals surface area (Å²) in [6.45, 7) is 7.52. The van der Waals surface area contributed by atoms with E-state index in [9.17, 15) is 4.79 Å². The van der Waals surface area contributed by atoms with Crippen LogP contribution in [0.5, 0.6) is 17.2 Å². The van der Waals surface area contributed by atoms with Crippen molar-refractivity contribution in [1.82, 2.24) is 4.90 Å². The van der Waals surface area contributed by atoms with E-state index in [-0.39, 0.29) is 0 Å². The number of rotatable bonds is 10. The number of carbonyl (C=O) groups is 1. The van der Waals surface area contributed by atoms with Gasteiger partial charge >= 0.3 is 5.97 Å². The second-order valence-electron chi connectivity index (χ2n) is 4.93. The zero-order valence-corrected chi connectivity index (χ0v) is 14.7. The molecule has 1 aromatic rings. The third kappa shape index (κ3) is 5.32. The maximum atomic E-state index is 12.2. The molecule has 0 atom stereocenters. The van der Waals surface area contributed by atoms with Gasteiger partial charge in [-0.1, -0.05) is 13.8 Å². The van der Waals surface area contributed by atoms with E-state index >= 15 is 0 Å². The van der Waals surface area contributed by atoms with Crippen LogP contribution < -0.4 is 14.2 Å². The summed E-state index contributed by atoms with van der Waals surface area (Å²) >= 11 is 0. The third-order valence-electron chi connectivity index (χ3n) is 3.65. The van der Waals surface area contributed by atoms with Gasteiger partial charge in [0.2, 0.25) is 5.75 Å². The molecule has 130 valence electrons. The molecule has 0 N–H and O–H groups in total. The minimum Gasteiger partial charge on any atom is -0.493 e. The lowest BCUT2D eigenvalue weighted by molar-refractivity contribution is 0.0488. The molecular weight excluding hydrogens is 298 g/mol. The first-order chi connectivity index (χ1) is 11.1. The molecule has 0 saturated heterocycles. The van der Waals surface area contributed by atoms with Crippen LogP contribution >= 0.6 is 0 Å². The highest BCUT2D eigenvalue weighted by atomic mass is 16.5. The van der Waals surface area contributed by atoms with Crippen molar-refractivity contribution in [1.29, 1.82) is 0 Å². The van der Waals surface area contributed by atoms with Crippen molar-refractivity contribution in [3.63, 3.8) is 0 Å². The van der Waals surface area contributed by atoms with E-state index in [0.717, 1.165) is 26.1 Å². The molecule has 0 radical (unpaired) electrons. The molecule has 23 heavy (non-hydrogen) atoms. The molecule has 0 unspecified atom stereocenters. The summed E-state index contributed by atoms with van der Waals surface area (Å²) in [4.78, 5) is 14.5. The largest absolute Gasteiger partial charge is 0.493 e. The predicted molar refractivity (Wildman–Crippen MR) is 88.8 cm³/mol. The topological polar surface area (TPSA) is 57.2 Å². The molecule has 0 fully saturated rings. The summed E-state index contributed by atoms with van der Waals surface area (Å²) in [5.41, 5.74) is 0.377. The quantitative estimate of drug-likeness (QED) is 0.487. The van der Waals surface area contributed by atoms with Gasteiger partial charge in [-0.15, -0.1) is 0 Å². The Morgan fingerprint density at radius 3 is 2.00 bits per heavy atom. The number of benzene rings is 1. The van der Waals surface area contributed by atoms with Crippen LogP contribution in [0, 0.1) is 0 Å². The highest BCUT2D eigenvalue weighted by Gasteiger charge is 2.17. The number of esters is 1. The molecule has 0 spiro atoms. The maximum absolute atomic E-state index is 12.2.